The van der Waals surface area contributed by atoms with E-state index in [1.807, 2.05) is 24.3 Å². The highest BCUT2D eigenvalue weighted by Gasteiger charge is 2.16. The van der Waals surface area contributed by atoms with Gasteiger partial charge in [0, 0.05) is 19.3 Å². The van der Waals surface area contributed by atoms with Gasteiger partial charge in [-0.05, 0) is 39.0 Å². The first-order chi connectivity index (χ1) is 15.2. The van der Waals surface area contributed by atoms with E-state index in [1.165, 1.54) is 5.56 Å². The summed E-state index contributed by atoms with van der Waals surface area (Å²) in [5, 5.41) is 13.1. The normalized spacial score (nSPS) is 11.2. The van der Waals surface area contributed by atoms with Gasteiger partial charge in [0.1, 0.15) is 12.3 Å². The molecule has 2 aromatic heterocycles. The van der Waals surface area contributed by atoms with E-state index in [0.29, 0.717) is 11.6 Å². The highest BCUT2D eigenvalue weighted by Crippen LogP contribution is 2.24. The second kappa shape index (κ2) is 10.4. The molecule has 1 aromatic carbocycles. The summed E-state index contributed by atoms with van der Waals surface area (Å²) < 4.78 is 12.9. The molecule has 11 heteroatoms. The van der Waals surface area contributed by atoms with Gasteiger partial charge < -0.3 is 19.9 Å². The lowest BCUT2D eigenvalue weighted by Crippen LogP contribution is -2.36. The number of aromatic nitrogens is 4. The molecule has 0 bridgehead atoms. The molecule has 2 amide bonds. The lowest BCUT2D eigenvalue weighted by molar-refractivity contribution is -0.123. The summed E-state index contributed by atoms with van der Waals surface area (Å²) >= 11 is 3.30. The maximum Gasteiger partial charge on any atom is 0.316 e. The minimum Gasteiger partial charge on any atom is -0.484 e. The van der Waals surface area contributed by atoms with Crippen LogP contribution in [-0.4, -0.2) is 51.4 Å². The molecular formula is C21H25BrN6O4. The smallest absolute Gasteiger partial charge is 0.316 e. The van der Waals surface area contributed by atoms with Gasteiger partial charge in [0.2, 0.25) is 0 Å². The van der Waals surface area contributed by atoms with Crippen LogP contribution in [-0.2, 0) is 16.8 Å². The first-order valence-corrected chi connectivity index (χ1v) is 10.8. The van der Waals surface area contributed by atoms with Crippen molar-refractivity contribution in [3.8, 4) is 5.75 Å². The summed E-state index contributed by atoms with van der Waals surface area (Å²) in [6.07, 6.45) is 3.39. The van der Waals surface area contributed by atoms with Gasteiger partial charge in [-0.2, -0.15) is 10.1 Å². The highest BCUT2D eigenvalue weighted by atomic mass is 79.9. The van der Waals surface area contributed by atoms with Crippen molar-refractivity contribution < 1.29 is 18.8 Å². The monoisotopic (exact) mass is 504 g/mol. The Hall–Kier alpha value is -3.21. The molecule has 0 fully saturated rings. The van der Waals surface area contributed by atoms with E-state index < -0.39 is 5.91 Å². The molecule has 0 unspecified atom stereocenters. The van der Waals surface area contributed by atoms with Crippen LogP contribution in [0.1, 0.15) is 42.8 Å². The molecule has 2 heterocycles. The van der Waals surface area contributed by atoms with Crippen LogP contribution in [0.3, 0.4) is 0 Å². The number of hydrogen-bond donors (Lipinski definition) is 2. The third kappa shape index (κ3) is 6.91. The number of nitrogens with one attached hydrogen (secondary N) is 2. The Morgan fingerprint density at radius 1 is 1.16 bits per heavy atom. The van der Waals surface area contributed by atoms with Gasteiger partial charge in [-0.1, -0.05) is 38.1 Å². The second-order valence-electron chi connectivity index (χ2n) is 8.04. The first kappa shape index (κ1) is 23.5. The lowest BCUT2D eigenvalue weighted by atomic mass is 9.87. The average Bonchev–Trinajstić information content (AvgIpc) is 3.38. The van der Waals surface area contributed by atoms with Crippen molar-refractivity contribution in [2.75, 3.05) is 19.7 Å². The third-order valence-electron chi connectivity index (χ3n) is 4.39. The molecule has 0 aliphatic carbocycles. The van der Waals surface area contributed by atoms with Gasteiger partial charge in [0.25, 0.3) is 5.91 Å². The zero-order valence-electron chi connectivity index (χ0n) is 18.1. The average molecular weight is 505 g/mol. The molecule has 0 aliphatic heterocycles. The van der Waals surface area contributed by atoms with Gasteiger partial charge in [0.15, 0.2) is 12.4 Å². The number of amides is 2. The van der Waals surface area contributed by atoms with Gasteiger partial charge >= 0.3 is 11.8 Å². The molecule has 3 aromatic rings. The van der Waals surface area contributed by atoms with E-state index >= 15 is 0 Å². The summed E-state index contributed by atoms with van der Waals surface area (Å²) in [5.74, 6) is -0.0121. The minimum atomic E-state index is -0.519. The van der Waals surface area contributed by atoms with E-state index in [1.54, 1.807) is 17.1 Å². The van der Waals surface area contributed by atoms with Crippen molar-refractivity contribution in [2.45, 2.75) is 32.7 Å². The number of ether oxygens (including phenoxy) is 1. The Morgan fingerprint density at radius 3 is 2.53 bits per heavy atom. The first-order valence-electron chi connectivity index (χ1n) is 9.99. The summed E-state index contributed by atoms with van der Waals surface area (Å²) in [5.41, 5.74) is 1.24. The molecule has 0 saturated carbocycles. The van der Waals surface area contributed by atoms with Gasteiger partial charge in [0.05, 0.1) is 10.7 Å². The van der Waals surface area contributed by atoms with E-state index in [4.69, 9.17) is 9.26 Å². The van der Waals surface area contributed by atoms with Crippen molar-refractivity contribution in [3.05, 3.63) is 58.4 Å². The Balaban J connectivity index is 1.34. The standard InChI is InChI=1S/C21H25BrN6O4/c1-21(2,3)14-4-6-16(7-5-14)31-13-18(29)23-8-9-24-19(30)20-26-17(27-32-20)12-28-11-15(22)10-25-28/h4-7,10-11H,8-9,12-13H2,1-3H3,(H,23,29)(H,24,30). The fraction of sp³-hybridized carbons (Fsp3) is 0.381. The number of rotatable bonds is 9. The van der Waals surface area contributed by atoms with E-state index in [9.17, 15) is 9.59 Å². The molecule has 170 valence electrons. The predicted octanol–water partition coefficient (Wildman–Crippen LogP) is 2.30. The summed E-state index contributed by atoms with van der Waals surface area (Å²) in [6, 6.07) is 7.66. The Kier molecular flexibility index (Phi) is 7.62. The number of nitrogens with zero attached hydrogens (tertiary/aromatic N) is 4. The molecule has 10 nitrogen and oxygen atoms in total. The number of carbonyl (C=O) groups excluding carboxylic acids is 2. The maximum atomic E-state index is 12.1. The summed E-state index contributed by atoms with van der Waals surface area (Å²) in [6.45, 7) is 7.00. The number of hydrogen-bond acceptors (Lipinski definition) is 7. The van der Waals surface area contributed by atoms with Crippen molar-refractivity contribution in [3.63, 3.8) is 0 Å². The highest BCUT2D eigenvalue weighted by molar-refractivity contribution is 9.10. The zero-order chi connectivity index (χ0) is 23.1. The maximum absolute atomic E-state index is 12.1. The minimum absolute atomic E-state index is 0.0559. The van der Waals surface area contributed by atoms with Gasteiger partial charge in [-0.3, -0.25) is 14.3 Å². The van der Waals surface area contributed by atoms with Crippen molar-refractivity contribution in [1.82, 2.24) is 30.6 Å². The molecule has 0 saturated heterocycles. The Labute approximate surface area is 193 Å². The van der Waals surface area contributed by atoms with Crippen LogP contribution in [0.5, 0.6) is 5.75 Å². The third-order valence-corrected chi connectivity index (χ3v) is 4.80. The van der Waals surface area contributed by atoms with Crippen LogP contribution >= 0.6 is 15.9 Å². The summed E-state index contributed by atoms with van der Waals surface area (Å²) in [7, 11) is 0. The predicted molar refractivity (Wildman–Crippen MR) is 119 cm³/mol. The van der Waals surface area contributed by atoms with Gasteiger partial charge in [-0.25, -0.2) is 0 Å². The van der Waals surface area contributed by atoms with Crippen molar-refractivity contribution in [1.29, 1.82) is 0 Å². The van der Waals surface area contributed by atoms with E-state index in [0.717, 1.165) is 4.47 Å². The molecule has 0 atom stereocenters. The molecule has 0 radical (unpaired) electrons. The largest absolute Gasteiger partial charge is 0.484 e. The molecule has 2 N–H and O–H groups in total. The topological polar surface area (TPSA) is 124 Å². The summed E-state index contributed by atoms with van der Waals surface area (Å²) in [4.78, 5) is 28.1. The van der Waals surface area contributed by atoms with Crippen molar-refractivity contribution in [2.24, 2.45) is 0 Å². The SMILES string of the molecule is CC(C)(C)c1ccc(OCC(=O)NCCNC(=O)c2nc(Cn3cc(Br)cn3)no2)cc1. The Bertz CT molecular complexity index is 1050. The quantitative estimate of drug-likeness (QED) is 0.428. The fourth-order valence-electron chi connectivity index (χ4n) is 2.68. The number of benzene rings is 1. The molecule has 0 aliphatic rings. The zero-order valence-corrected chi connectivity index (χ0v) is 19.7. The van der Waals surface area contributed by atoms with Crippen LogP contribution in [0.25, 0.3) is 0 Å². The number of halogens is 1. The van der Waals surface area contributed by atoms with Crippen LogP contribution in [0, 0.1) is 0 Å². The Morgan fingerprint density at radius 2 is 1.88 bits per heavy atom. The molecular weight excluding hydrogens is 480 g/mol. The molecule has 32 heavy (non-hydrogen) atoms. The second-order valence-corrected chi connectivity index (χ2v) is 8.96. The van der Waals surface area contributed by atoms with Crippen LogP contribution in [0.4, 0.5) is 0 Å². The fourth-order valence-corrected chi connectivity index (χ4v) is 3.01. The van der Waals surface area contributed by atoms with E-state index in [2.05, 4.69) is 62.6 Å². The molecule has 0 spiro atoms. The van der Waals surface area contributed by atoms with E-state index in [-0.39, 0.29) is 43.5 Å². The lowest BCUT2D eigenvalue weighted by Gasteiger charge is -2.19. The van der Waals surface area contributed by atoms with Crippen LogP contribution in [0.2, 0.25) is 0 Å². The van der Waals surface area contributed by atoms with Crippen molar-refractivity contribution >= 4 is 27.7 Å². The molecule has 3 rings (SSSR count). The van der Waals surface area contributed by atoms with Crippen LogP contribution < -0.4 is 15.4 Å². The van der Waals surface area contributed by atoms with Gasteiger partial charge in [-0.15, -0.1) is 0 Å². The number of carbonyl (C=O) groups is 2. The van der Waals surface area contributed by atoms with Crippen LogP contribution in [0.15, 0.2) is 45.7 Å².